The van der Waals surface area contributed by atoms with Crippen LogP contribution in [0.4, 0.5) is 4.39 Å². The van der Waals surface area contributed by atoms with E-state index in [1.807, 2.05) is 6.92 Å². The Balaban J connectivity index is 2.60. The number of aromatic nitrogens is 2. The predicted molar refractivity (Wildman–Crippen MR) is 61.3 cm³/mol. The fraction of sp³-hybridized carbons (Fsp3) is 0.333. The quantitative estimate of drug-likeness (QED) is 0.768. The Labute approximate surface area is 98.0 Å². The molecule has 0 unspecified atom stereocenters. The van der Waals surface area contributed by atoms with Crippen LogP contribution < -0.4 is 0 Å². The smallest absolute Gasteiger partial charge is 0.374 e. The van der Waals surface area contributed by atoms with E-state index < -0.39 is 5.97 Å². The van der Waals surface area contributed by atoms with Crippen molar-refractivity contribution in [3.05, 3.63) is 29.8 Å². The number of carbonyl (C=O) groups excluding carboxylic acids is 1. The fourth-order valence-corrected chi connectivity index (χ4v) is 1.77. The molecule has 0 saturated carbocycles. The second kappa shape index (κ2) is 4.53. The molecule has 0 aliphatic heterocycles. The van der Waals surface area contributed by atoms with Crippen molar-refractivity contribution in [2.45, 2.75) is 20.4 Å². The third-order valence-electron chi connectivity index (χ3n) is 2.48. The van der Waals surface area contributed by atoms with Gasteiger partial charge in [0.25, 0.3) is 0 Å². The number of fused-ring (bicyclic) bond motifs is 1. The fourth-order valence-electron chi connectivity index (χ4n) is 1.77. The Morgan fingerprint density at radius 1 is 1.47 bits per heavy atom. The lowest BCUT2D eigenvalue weighted by atomic mass is 10.3. The Morgan fingerprint density at radius 3 is 2.88 bits per heavy atom. The highest BCUT2D eigenvalue weighted by Gasteiger charge is 2.17. The number of ether oxygens (including phenoxy) is 1. The summed E-state index contributed by atoms with van der Waals surface area (Å²) in [7, 11) is 0. The van der Waals surface area contributed by atoms with Crippen LogP contribution in [0.25, 0.3) is 11.0 Å². The summed E-state index contributed by atoms with van der Waals surface area (Å²) >= 11 is 0. The summed E-state index contributed by atoms with van der Waals surface area (Å²) < 4.78 is 19.7. The number of rotatable bonds is 3. The number of hydrogen-bond acceptors (Lipinski definition) is 3. The van der Waals surface area contributed by atoms with Crippen LogP contribution in [0.3, 0.4) is 0 Å². The molecule has 0 atom stereocenters. The average molecular weight is 236 g/mol. The molecule has 0 aliphatic carbocycles. The molecule has 0 aliphatic rings. The second-order valence-corrected chi connectivity index (χ2v) is 3.53. The molecule has 4 nitrogen and oxygen atoms in total. The van der Waals surface area contributed by atoms with Gasteiger partial charge in [-0.05, 0) is 32.0 Å². The first kappa shape index (κ1) is 11.6. The van der Waals surface area contributed by atoms with Gasteiger partial charge in [0.2, 0.25) is 5.82 Å². The molecule has 0 fully saturated rings. The molecule has 1 aromatic carbocycles. The third-order valence-corrected chi connectivity index (χ3v) is 2.48. The lowest BCUT2D eigenvalue weighted by Crippen LogP contribution is -2.12. The largest absolute Gasteiger partial charge is 0.460 e. The first-order valence-electron chi connectivity index (χ1n) is 5.50. The molecule has 2 aromatic rings. The number of aryl methyl sites for hydroxylation is 1. The molecule has 1 aromatic heterocycles. The molecule has 0 N–H and O–H groups in total. The van der Waals surface area contributed by atoms with Crippen molar-refractivity contribution in [3.63, 3.8) is 0 Å². The van der Waals surface area contributed by atoms with Crippen molar-refractivity contribution < 1.29 is 13.9 Å². The summed E-state index contributed by atoms with van der Waals surface area (Å²) in [5, 5.41) is 0. The van der Waals surface area contributed by atoms with Gasteiger partial charge in [0.15, 0.2) is 0 Å². The average Bonchev–Trinajstić information content (AvgIpc) is 2.67. The highest BCUT2D eigenvalue weighted by Crippen LogP contribution is 2.18. The van der Waals surface area contributed by atoms with Crippen LogP contribution in [0, 0.1) is 5.82 Å². The molecule has 0 amide bonds. The predicted octanol–water partition coefficient (Wildman–Crippen LogP) is 2.37. The zero-order valence-corrected chi connectivity index (χ0v) is 9.74. The Bertz CT molecular complexity index is 563. The van der Waals surface area contributed by atoms with Gasteiger partial charge in [-0.15, -0.1) is 0 Å². The lowest BCUT2D eigenvalue weighted by Gasteiger charge is -2.04. The summed E-state index contributed by atoms with van der Waals surface area (Å²) in [5.41, 5.74) is 1.20. The SMILES string of the molecule is CCOC(=O)c1nc2ccc(F)cc2n1CC. The van der Waals surface area contributed by atoms with Crippen LogP contribution in [0.15, 0.2) is 18.2 Å². The van der Waals surface area contributed by atoms with Gasteiger partial charge in [-0.1, -0.05) is 0 Å². The van der Waals surface area contributed by atoms with Crippen molar-refractivity contribution in [2.75, 3.05) is 6.61 Å². The van der Waals surface area contributed by atoms with Gasteiger partial charge in [0.1, 0.15) is 5.82 Å². The van der Waals surface area contributed by atoms with Crippen molar-refractivity contribution in [1.29, 1.82) is 0 Å². The van der Waals surface area contributed by atoms with Gasteiger partial charge in [0, 0.05) is 6.54 Å². The molecule has 1 heterocycles. The second-order valence-electron chi connectivity index (χ2n) is 3.53. The van der Waals surface area contributed by atoms with E-state index in [-0.39, 0.29) is 11.6 Å². The molecule has 17 heavy (non-hydrogen) atoms. The van der Waals surface area contributed by atoms with Gasteiger partial charge in [-0.3, -0.25) is 0 Å². The highest BCUT2D eigenvalue weighted by molar-refractivity contribution is 5.91. The van der Waals surface area contributed by atoms with Crippen LogP contribution >= 0.6 is 0 Å². The summed E-state index contributed by atoms with van der Waals surface area (Å²) in [6, 6.07) is 4.25. The summed E-state index contributed by atoms with van der Waals surface area (Å²) in [5.74, 6) is -0.608. The summed E-state index contributed by atoms with van der Waals surface area (Å²) in [6.07, 6.45) is 0. The Kier molecular flexibility index (Phi) is 3.08. The molecule has 90 valence electrons. The van der Waals surface area contributed by atoms with Crippen LogP contribution in [0.5, 0.6) is 0 Å². The van der Waals surface area contributed by atoms with Gasteiger partial charge < -0.3 is 9.30 Å². The van der Waals surface area contributed by atoms with Gasteiger partial charge in [-0.2, -0.15) is 0 Å². The van der Waals surface area contributed by atoms with E-state index in [4.69, 9.17) is 4.74 Å². The lowest BCUT2D eigenvalue weighted by molar-refractivity contribution is 0.0507. The van der Waals surface area contributed by atoms with Gasteiger partial charge in [0.05, 0.1) is 17.6 Å². The minimum absolute atomic E-state index is 0.218. The molecule has 0 bridgehead atoms. The number of imidazole rings is 1. The van der Waals surface area contributed by atoms with E-state index in [0.29, 0.717) is 24.2 Å². The molecule has 0 radical (unpaired) electrons. The molecular formula is C12H13FN2O2. The van der Waals surface area contributed by atoms with E-state index in [9.17, 15) is 9.18 Å². The van der Waals surface area contributed by atoms with E-state index in [1.165, 1.54) is 12.1 Å². The van der Waals surface area contributed by atoms with E-state index in [2.05, 4.69) is 4.98 Å². The van der Waals surface area contributed by atoms with Crippen molar-refractivity contribution >= 4 is 17.0 Å². The van der Waals surface area contributed by atoms with Crippen LogP contribution in [0.1, 0.15) is 24.5 Å². The number of hydrogen-bond donors (Lipinski definition) is 0. The first-order valence-corrected chi connectivity index (χ1v) is 5.50. The Hall–Kier alpha value is -1.91. The van der Waals surface area contributed by atoms with Crippen LogP contribution in [0.2, 0.25) is 0 Å². The van der Waals surface area contributed by atoms with Crippen LogP contribution in [-0.2, 0) is 11.3 Å². The number of nitrogens with zero attached hydrogens (tertiary/aromatic N) is 2. The maximum absolute atomic E-state index is 13.2. The third kappa shape index (κ3) is 2.00. The zero-order valence-electron chi connectivity index (χ0n) is 9.74. The normalized spacial score (nSPS) is 10.8. The zero-order chi connectivity index (χ0) is 12.4. The monoisotopic (exact) mass is 236 g/mol. The maximum Gasteiger partial charge on any atom is 0.374 e. The molecule has 0 spiro atoms. The van der Waals surface area contributed by atoms with Crippen molar-refractivity contribution in [2.24, 2.45) is 0 Å². The van der Waals surface area contributed by atoms with Gasteiger partial charge in [-0.25, -0.2) is 14.2 Å². The minimum atomic E-state index is -0.481. The van der Waals surface area contributed by atoms with E-state index in [0.717, 1.165) is 0 Å². The highest BCUT2D eigenvalue weighted by atomic mass is 19.1. The molecule has 0 saturated heterocycles. The summed E-state index contributed by atoms with van der Waals surface area (Å²) in [4.78, 5) is 15.8. The Morgan fingerprint density at radius 2 is 2.24 bits per heavy atom. The van der Waals surface area contributed by atoms with Gasteiger partial charge >= 0.3 is 5.97 Å². The van der Waals surface area contributed by atoms with E-state index in [1.54, 1.807) is 17.6 Å². The van der Waals surface area contributed by atoms with Crippen LogP contribution in [-0.4, -0.2) is 22.1 Å². The number of halogens is 1. The van der Waals surface area contributed by atoms with Crippen molar-refractivity contribution in [3.8, 4) is 0 Å². The maximum atomic E-state index is 13.2. The first-order chi connectivity index (χ1) is 8.17. The van der Waals surface area contributed by atoms with E-state index >= 15 is 0 Å². The summed E-state index contributed by atoms with van der Waals surface area (Å²) in [6.45, 7) is 4.43. The topological polar surface area (TPSA) is 44.1 Å². The molecule has 2 rings (SSSR count). The number of benzene rings is 1. The number of esters is 1. The standard InChI is InChI=1S/C12H13FN2O2/c1-3-15-10-7-8(13)5-6-9(10)14-11(15)12(16)17-4-2/h5-7H,3-4H2,1-2H3. The molecule has 5 heteroatoms. The minimum Gasteiger partial charge on any atom is -0.460 e. The van der Waals surface area contributed by atoms with Crippen molar-refractivity contribution in [1.82, 2.24) is 9.55 Å². The molecular weight excluding hydrogens is 223 g/mol. The number of carbonyl (C=O) groups is 1.